The lowest BCUT2D eigenvalue weighted by molar-refractivity contribution is -0.121. The Balaban J connectivity index is 1.95. The minimum absolute atomic E-state index is 0.0461. The molecule has 7 heteroatoms. The van der Waals surface area contributed by atoms with Crippen LogP contribution in [0.3, 0.4) is 0 Å². The van der Waals surface area contributed by atoms with Gasteiger partial charge in [-0.25, -0.2) is 8.42 Å². The first kappa shape index (κ1) is 23.7. The van der Waals surface area contributed by atoms with Crippen LogP contribution in [0.25, 0.3) is 0 Å². The van der Waals surface area contributed by atoms with Gasteiger partial charge in [-0.05, 0) is 56.5 Å². The van der Waals surface area contributed by atoms with E-state index in [4.69, 9.17) is 4.74 Å². The minimum atomic E-state index is -3.46. The largest absolute Gasteiger partial charge is 0.494 e. The van der Waals surface area contributed by atoms with Crippen LogP contribution in [-0.2, 0) is 14.8 Å². The normalized spacial score (nSPS) is 12.3. The van der Waals surface area contributed by atoms with E-state index in [0.29, 0.717) is 24.5 Å². The second-order valence-electron chi connectivity index (χ2n) is 7.30. The third kappa shape index (κ3) is 7.06. The Hall–Kier alpha value is -2.54. The SMILES string of the molecule is CCOc1ccc(N(CCCC(=O)N[C@H](CC)c2ccc(C)cc2)S(C)(=O)=O)cc1. The molecule has 0 aliphatic heterocycles. The van der Waals surface area contributed by atoms with Gasteiger partial charge in [-0.2, -0.15) is 0 Å². The van der Waals surface area contributed by atoms with Crippen molar-refractivity contribution in [3.63, 3.8) is 0 Å². The summed E-state index contributed by atoms with van der Waals surface area (Å²) in [6.07, 6.45) is 2.65. The first-order valence-corrected chi connectivity index (χ1v) is 12.2. The summed E-state index contributed by atoms with van der Waals surface area (Å²) in [7, 11) is -3.46. The Bertz CT molecular complexity index is 909. The van der Waals surface area contributed by atoms with Gasteiger partial charge in [0.15, 0.2) is 0 Å². The van der Waals surface area contributed by atoms with Gasteiger partial charge in [0, 0.05) is 13.0 Å². The smallest absolute Gasteiger partial charge is 0.232 e. The van der Waals surface area contributed by atoms with Crippen LogP contribution < -0.4 is 14.4 Å². The molecule has 2 rings (SSSR count). The number of anilines is 1. The maximum absolute atomic E-state index is 12.4. The van der Waals surface area contributed by atoms with Crippen molar-refractivity contribution in [2.75, 3.05) is 23.7 Å². The second-order valence-corrected chi connectivity index (χ2v) is 9.21. The lowest BCUT2D eigenvalue weighted by Crippen LogP contribution is -2.33. The molecule has 2 aromatic rings. The highest BCUT2D eigenvalue weighted by atomic mass is 32.2. The van der Waals surface area contributed by atoms with Crippen LogP contribution in [-0.4, -0.2) is 33.7 Å². The van der Waals surface area contributed by atoms with Gasteiger partial charge in [0.05, 0.1) is 24.6 Å². The summed E-state index contributed by atoms with van der Waals surface area (Å²) in [5.41, 5.74) is 2.81. The number of carbonyl (C=O) groups excluding carboxylic acids is 1. The van der Waals surface area contributed by atoms with Crippen molar-refractivity contribution in [1.29, 1.82) is 0 Å². The van der Waals surface area contributed by atoms with Crippen molar-refractivity contribution in [1.82, 2.24) is 5.32 Å². The molecule has 0 aliphatic rings. The number of nitrogens with zero attached hydrogens (tertiary/aromatic N) is 1. The lowest BCUT2D eigenvalue weighted by Gasteiger charge is -2.23. The fourth-order valence-corrected chi connectivity index (χ4v) is 4.20. The predicted octanol–water partition coefficient (Wildman–Crippen LogP) is 4.21. The Kier molecular flexibility index (Phi) is 8.72. The topological polar surface area (TPSA) is 75.7 Å². The van der Waals surface area contributed by atoms with Gasteiger partial charge in [0.2, 0.25) is 15.9 Å². The van der Waals surface area contributed by atoms with E-state index in [1.165, 1.54) is 16.1 Å². The number of amides is 1. The zero-order valence-electron chi connectivity index (χ0n) is 18.2. The number of nitrogens with one attached hydrogen (secondary N) is 1. The molecule has 0 fully saturated rings. The van der Waals surface area contributed by atoms with Gasteiger partial charge in [0.25, 0.3) is 0 Å². The zero-order valence-corrected chi connectivity index (χ0v) is 19.0. The summed E-state index contributed by atoms with van der Waals surface area (Å²) in [5, 5.41) is 3.05. The van der Waals surface area contributed by atoms with Gasteiger partial charge in [0.1, 0.15) is 5.75 Å². The highest BCUT2D eigenvalue weighted by Gasteiger charge is 2.18. The average molecular weight is 433 g/mol. The van der Waals surface area contributed by atoms with Crippen molar-refractivity contribution < 1.29 is 17.9 Å². The van der Waals surface area contributed by atoms with Crippen molar-refractivity contribution >= 4 is 21.6 Å². The van der Waals surface area contributed by atoms with E-state index in [1.54, 1.807) is 24.3 Å². The third-order valence-corrected chi connectivity index (χ3v) is 6.02. The van der Waals surface area contributed by atoms with Crippen LogP contribution in [0.1, 0.15) is 50.3 Å². The molecular formula is C23H32N2O4S. The molecule has 30 heavy (non-hydrogen) atoms. The first-order valence-electron chi connectivity index (χ1n) is 10.3. The lowest BCUT2D eigenvalue weighted by atomic mass is 10.0. The summed E-state index contributed by atoms with van der Waals surface area (Å²) in [6.45, 7) is 6.74. The molecule has 0 saturated carbocycles. The van der Waals surface area contributed by atoms with Crippen LogP contribution >= 0.6 is 0 Å². The molecule has 0 aromatic heterocycles. The molecule has 1 atom stereocenters. The number of sulfonamides is 1. The molecule has 0 spiro atoms. The second kappa shape index (κ2) is 11.0. The number of rotatable bonds is 11. The molecule has 0 unspecified atom stereocenters. The number of carbonyl (C=O) groups is 1. The standard InChI is InChI=1S/C23H32N2O4S/c1-5-22(19-11-9-18(3)10-12-19)24-23(26)8-7-17-25(30(4,27)28)20-13-15-21(16-14-20)29-6-2/h9-16,22H,5-8,17H2,1-4H3,(H,24,26)/t22-/m1/s1. The Morgan fingerprint density at radius 1 is 1.07 bits per heavy atom. The Morgan fingerprint density at radius 3 is 2.23 bits per heavy atom. The van der Waals surface area contributed by atoms with Crippen LogP contribution in [0.4, 0.5) is 5.69 Å². The highest BCUT2D eigenvalue weighted by molar-refractivity contribution is 7.92. The van der Waals surface area contributed by atoms with Crippen LogP contribution in [0.5, 0.6) is 5.75 Å². The number of aryl methyl sites for hydroxylation is 1. The number of hydrogen-bond donors (Lipinski definition) is 1. The molecule has 0 heterocycles. The fraction of sp³-hybridized carbons (Fsp3) is 0.435. The fourth-order valence-electron chi connectivity index (χ4n) is 3.23. The first-order chi connectivity index (χ1) is 14.2. The Labute approximate surface area is 180 Å². The molecule has 2 aromatic carbocycles. The molecule has 0 radical (unpaired) electrons. The van der Waals surface area contributed by atoms with Crippen molar-refractivity contribution in [2.45, 2.75) is 46.1 Å². The predicted molar refractivity (Wildman–Crippen MR) is 121 cm³/mol. The molecule has 1 amide bonds. The number of benzene rings is 2. The maximum atomic E-state index is 12.4. The molecule has 0 aliphatic carbocycles. The van der Waals surface area contributed by atoms with Crippen molar-refractivity contribution in [3.8, 4) is 5.75 Å². The van der Waals surface area contributed by atoms with Crippen molar-refractivity contribution in [2.24, 2.45) is 0 Å². The van der Waals surface area contributed by atoms with E-state index >= 15 is 0 Å². The minimum Gasteiger partial charge on any atom is -0.494 e. The summed E-state index contributed by atoms with van der Waals surface area (Å²) < 4.78 is 31.2. The third-order valence-electron chi connectivity index (χ3n) is 4.82. The quantitative estimate of drug-likeness (QED) is 0.577. The highest BCUT2D eigenvalue weighted by Crippen LogP contribution is 2.22. The molecule has 6 nitrogen and oxygen atoms in total. The average Bonchev–Trinajstić information content (AvgIpc) is 2.70. The van der Waals surface area contributed by atoms with E-state index in [-0.39, 0.29) is 24.9 Å². The van der Waals surface area contributed by atoms with E-state index in [0.717, 1.165) is 12.0 Å². The van der Waals surface area contributed by atoms with E-state index in [2.05, 4.69) is 5.32 Å². The van der Waals surface area contributed by atoms with Crippen LogP contribution in [0.15, 0.2) is 48.5 Å². The maximum Gasteiger partial charge on any atom is 0.232 e. The summed E-state index contributed by atoms with van der Waals surface area (Å²) in [4.78, 5) is 12.4. The Morgan fingerprint density at radius 2 is 1.70 bits per heavy atom. The van der Waals surface area contributed by atoms with E-state index < -0.39 is 10.0 Å². The molecular weight excluding hydrogens is 400 g/mol. The van der Waals surface area contributed by atoms with E-state index in [1.807, 2.05) is 45.0 Å². The van der Waals surface area contributed by atoms with Gasteiger partial charge >= 0.3 is 0 Å². The summed E-state index contributed by atoms with van der Waals surface area (Å²) in [5.74, 6) is 0.610. The molecule has 164 valence electrons. The molecule has 0 saturated heterocycles. The van der Waals surface area contributed by atoms with E-state index in [9.17, 15) is 13.2 Å². The monoisotopic (exact) mass is 432 g/mol. The zero-order chi connectivity index (χ0) is 22.1. The van der Waals surface area contributed by atoms with Crippen LogP contribution in [0, 0.1) is 6.92 Å². The van der Waals surface area contributed by atoms with Crippen molar-refractivity contribution in [3.05, 3.63) is 59.7 Å². The molecule has 0 bridgehead atoms. The number of hydrogen-bond acceptors (Lipinski definition) is 4. The van der Waals surface area contributed by atoms with Gasteiger partial charge in [-0.1, -0.05) is 36.8 Å². The summed E-state index contributed by atoms with van der Waals surface area (Å²) >= 11 is 0. The number of ether oxygens (including phenoxy) is 1. The van der Waals surface area contributed by atoms with Crippen LogP contribution in [0.2, 0.25) is 0 Å². The van der Waals surface area contributed by atoms with Gasteiger partial charge in [-0.3, -0.25) is 9.10 Å². The van der Waals surface area contributed by atoms with Gasteiger partial charge < -0.3 is 10.1 Å². The van der Waals surface area contributed by atoms with Gasteiger partial charge in [-0.15, -0.1) is 0 Å². The molecule has 1 N–H and O–H groups in total. The summed E-state index contributed by atoms with van der Waals surface area (Å²) in [6, 6.07) is 15.0.